The molecule has 33 heavy (non-hydrogen) atoms. The summed E-state index contributed by atoms with van der Waals surface area (Å²) in [6, 6.07) is 15.7. The topological polar surface area (TPSA) is 81.2 Å². The second-order valence-electron chi connectivity index (χ2n) is 7.61. The van der Waals surface area contributed by atoms with Crippen molar-refractivity contribution >= 4 is 16.9 Å². The van der Waals surface area contributed by atoms with Crippen LogP contribution in [0.2, 0.25) is 0 Å². The zero-order valence-corrected chi connectivity index (χ0v) is 17.4. The molecule has 164 valence electrons. The first-order chi connectivity index (χ1) is 16.0. The molecule has 2 heterocycles. The summed E-state index contributed by atoms with van der Waals surface area (Å²) >= 11 is 0. The van der Waals surface area contributed by atoms with Gasteiger partial charge in [0.15, 0.2) is 5.58 Å². The Balaban J connectivity index is 1.40. The van der Waals surface area contributed by atoms with E-state index in [-0.39, 0.29) is 6.54 Å². The number of fused-ring (bicyclic) bond motifs is 1. The van der Waals surface area contributed by atoms with Crippen molar-refractivity contribution in [3.8, 4) is 22.8 Å². The van der Waals surface area contributed by atoms with Gasteiger partial charge in [0.25, 0.3) is 5.91 Å². The fourth-order valence-corrected chi connectivity index (χ4v) is 3.47. The first-order valence-corrected chi connectivity index (χ1v) is 10.1. The van der Waals surface area contributed by atoms with Gasteiger partial charge in [-0.15, -0.1) is 0 Å². The zero-order chi connectivity index (χ0) is 22.9. The van der Waals surface area contributed by atoms with Gasteiger partial charge in [-0.05, 0) is 55.0 Å². The first kappa shape index (κ1) is 20.6. The van der Waals surface area contributed by atoms with Gasteiger partial charge in [-0.1, -0.05) is 22.9 Å². The highest BCUT2D eigenvalue weighted by Gasteiger charge is 2.18. The minimum atomic E-state index is -0.701. The smallest absolute Gasteiger partial charge is 0.251 e. The standard InChI is InChI=1S/C25H17F2N3O3/c1-14-2-4-16(5-3-14)25-29-21(13-32-25)23-20-10-17(6-7-22(20)33-30-23)24(31)28-12-15-8-18(26)11-19(27)9-15/h2-11,13H,12H2,1H3,(H,28,31). The Bertz CT molecular complexity index is 1450. The summed E-state index contributed by atoms with van der Waals surface area (Å²) in [6.45, 7) is 1.97. The van der Waals surface area contributed by atoms with E-state index in [0.717, 1.165) is 17.2 Å². The van der Waals surface area contributed by atoms with Gasteiger partial charge >= 0.3 is 0 Å². The van der Waals surface area contributed by atoms with Crippen molar-refractivity contribution in [2.75, 3.05) is 0 Å². The van der Waals surface area contributed by atoms with E-state index in [4.69, 9.17) is 8.94 Å². The van der Waals surface area contributed by atoms with Crippen LogP contribution in [-0.4, -0.2) is 16.0 Å². The van der Waals surface area contributed by atoms with E-state index in [1.807, 2.05) is 31.2 Å². The number of amides is 1. The molecule has 1 N–H and O–H groups in total. The molecule has 0 saturated heterocycles. The molecule has 0 saturated carbocycles. The Morgan fingerprint density at radius 2 is 1.76 bits per heavy atom. The molecule has 0 atom stereocenters. The van der Waals surface area contributed by atoms with Gasteiger partial charge in [-0.25, -0.2) is 13.8 Å². The maximum atomic E-state index is 13.4. The number of aromatic nitrogens is 2. The Hall–Kier alpha value is -4.33. The molecule has 0 aliphatic heterocycles. The summed E-state index contributed by atoms with van der Waals surface area (Å²) in [5.41, 5.74) is 4.00. The molecule has 1 amide bonds. The summed E-state index contributed by atoms with van der Waals surface area (Å²) < 4.78 is 37.7. The highest BCUT2D eigenvalue weighted by molar-refractivity contribution is 6.00. The number of hydrogen-bond acceptors (Lipinski definition) is 5. The third kappa shape index (κ3) is 4.23. The molecule has 0 aliphatic carbocycles. The van der Waals surface area contributed by atoms with Gasteiger partial charge in [0.05, 0.1) is 5.39 Å². The molecule has 5 aromatic rings. The minimum Gasteiger partial charge on any atom is -0.444 e. The van der Waals surface area contributed by atoms with Gasteiger partial charge in [-0.3, -0.25) is 4.79 Å². The lowest BCUT2D eigenvalue weighted by Crippen LogP contribution is -2.22. The normalized spacial score (nSPS) is 11.1. The highest BCUT2D eigenvalue weighted by Crippen LogP contribution is 2.30. The van der Waals surface area contributed by atoms with Crippen LogP contribution >= 0.6 is 0 Å². The van der Waals surface area contributed by atoms with Crippen LogP contribution < -0.4 is 5.32 Å². The molecule has 2 aromatic heterocycles. The van der Waals surface area contributed by atoms with Gasteiger partial charge < -0.3 is 14.3 Å². The van der Waals surface area contributed by atoms with Crippen LogP contribution in [0.15, 0.2) is 75.9 Å². The van der Waals surface area contributed by atoms with Gasteiger partial charge in [0, 0.05) is 23.7 Å². The van der Waals surface area contributed by atoms with Crippen molar-refractivity contribution in [3.05, 3.63) is 95.3 Å². The average Bonchev–Trinajstić information content (AvgIpc) is 3.44. The lowest BCUT2D eigenvalue weighted by Gasteiger charge is -2.06. The molecule has 0 unspecified atom stereocenters. The number of rotatable bonds is 5. The molecule has 6 nitrogen and oxygen atoms in total. The molecular formula is C25H17F2N3O3. The number of halogens is 2. The van der Waals surface area contributed by atoms with Crippen LogP contribution in [0.4, 0.5) is 8.78 Å². The maximum absolute atomic E-state index is 13.4. The number of nitrogens with zero attached hydrogens (tertiary/aromatic N) is 2. The van der Waals surface area contributed by atoms with Gasteiger partial charge in [-0.2, -0.15) is 0 Å². The number of aryl methyl sites for hydroxylation is 1. The van der Waals surface area contributed by atoms with E-state index in [2.05, 4.69) is 15.5 Å². The van der Waals surface area contributed by atoms with Gasteiger partial charge in [0.1, 0.15) is 29.3 Å². The fourth-order valence-electron chi connectivity index (χ4n) is 3.47. The minimum absolute atomic E-state index is 0.0226. The molecule has 0 bridgehead atoms. The van der Waals surface area contributed by atoms with Crippen LogP contribution in [0.25, 0.3) is 33.8 Å². The summed E-state index contributed by atoms with van der Waals surface area (Å²) in [7, 11) is 0. The summed E-state index contributed by atoms with van der Waals surface area (Å²) in [4.78, 5) is 17.1. The van der Waals surface area contributed by atoms with E-state index in [1.165, 1.54) is 18.4 Å². The number of oxazole rings is 1. The highest BCUT2D eigenvalue weighted by atomic mass is 19.1. The summed E-state index contributed by atoms with van der Waals surface area (Å²) in [5, 5.41) is 7.33. The van der Waals surface area contributed by atoms with Crippen LogP contribution in [0, 0.1) is 18.6 Å². The zero-order valence-electron chi connectivity index (χ0n) is 17.4. The number of carbonyl (C=O) groups excluding carboxylic acids is 1. The Kier molecular flexibility index (Phi) is 5.18. The SMILES string of the molecule is Cc1ccc(-c2nc(-c3noc4ccc(C(=O)NCc5cc(F)cc(F)c5)cc34)co2)cc1. The average molecular weight is 445 g/mol. The van der Waals surface area contributed by atoms with E-state index >= 15 is 0 Å². The monoisotopic (exact) mass is 445 g/mol. The molecule has 5 rings (SSSR count). The predicted octanol–water partition coefficient (Wildman–Crippen LogP) is 5.67. The largest absolute Gasteiger partial charge is 0.444 e. The second kappa shape index (κ2) is 8.31. The number of carbonyl (C=O) groups is 1. The van der Waals surface area contributed by atoms with Crippen molar-refractivity contribution in [1.29, 1.82) is 0 Å². The Labute approximate surface area is 186 Å². The number of benzene rings is 3. The second-order valence-corrected chi connectivity index (χ2v) is 7.61. The number of nitrogens with one attached hydrogen (secondary N) is 1. The first-order valence-electron chi connectivity index (χ1n) is 10.1. The van der Waals surface area contributed by atoms with Crippen molar-refractivity contribution in [1.82, 2.24) is 15.5 Å². The quantitative estimate of drug-likeness (QED) is 0.377. The van der Waals surface area contributed by atoms with Gasteiger partial charge in [0.2, 0.25) is 5.89 Å². The van der Waals surface area contributed by atoms with Crippen molar-refractivity contribution in [3.63, 3.8) is 0 Å². The van der Waals surface area contributed by atoms with Crippen molar-refractivity contribution in [2.45, 2.75) is 13.5 Å². The van der Waals surface area contributed by atoms with Crippen LogP contribution in [0.5, 0.6) is 0 Å². The van der Waals surface area contributed by atoms with Crippen LogP contribution in [0.1, 0.15) is 21.5 Å². The Morgan fingerprint density at radius 3 is 2.52 bits per heavy atom. The van der Waals surface area contributed by atoms with E-state index in [9.17, 15) is 13.6 Å². The van der Waals surface area contributed by atoms with Crippen LogP contribution in [0.3, 0.4) is 0 Å². The van der Waals surface area contributed by atoms with Crippen molar-refractivity contribution in [2.24, 2.45) is 0 Å². The van der Waals surface area contributed by atoms with E-state index in [0.29, 0.717) is 39.4 Å². The van der Waals surface area contributed by atoms with E-state index in [1.54, 1.807) is 18.2 Å². The maximum Gasteiger partial charge on any atom is 0.251 e. The van der Waals surface area contributed by atoms with Crippen molar-refractivity contribution < 1.29 is 22.5 Å². The summed E-state index contributed by atoms with van der Waals surface area (Å²) in [6.07, 6.45) is 1.48. The molecule has 0 aliphatic rings. The molecule has 0 fully saturated rings. The molecular weight excluding hydrogens is 428 g/mol. The Morgan fingerprint density at radius 1 is 1.00 bits per heavy atom. The fraction of sp³-hybridized carbons (Fsp3) is 0.0800. The van der Waals surface area contributed by atoms with Crippen LogP contribution in [-0.2, 0) is 6.54 Å². The predicted molar refractivity (Wildman–Crippen MR) is 117 cm³/mol. The molecule has 0 spiro atoms. The third-order valence-electron chi connectivity index (χ3n) is 5.15. The third-order valence-corrected chi connectivity index (χ3v) is 5.15. The summed E-state index contributed by atoms with van der Waals surface area (Å²) in [5.74, 6) is -1.37. The molecule has 0 radical (unpaired) electrons. The lowest BCUT2D eigenvalue weighted by atomic mass is 10.1. The molecule has 8 heteroatoms. The lowest BCUT2D eigenvalue weighted by molar-refractivity contribution is 0.0951. The molecule has 3 aromatic carbocycles. The number of hydrogen-bond donors (Lipinski definition) is 1. The van der Waals surface area contributed by atoms with E-state index < -0.39 is 17.5 Å².